The lowest BCUT2D eigenvalue weighted by Crippen LogP contribution is -2.24. The molecule has 20 heavy (non-hydrogen) atoms. The maximum Gasteiger partial charge on any atom is 0.119 e. The first kappa shape index (κ1) is 15.3. The zero-order valence-electron chi connectivity index (χ0n) is 12.7. The van der Waals surface area contributed by atoms with Gasteiger partial charge in [0.1, 0.15) is 5.75 Å². The molecular weight excluding hydrogens is 250 g/mol. The van der Waals surface area contributed by atoms with E-state index in [1.807, 2.05) is 0 Å². The average molecular weight is 277 g/mol. The molecule has 0 aromatic heterocycles. The molecule has 1 saturated carbocycles. The number of hydrogen-bond donors (Lipinski definition) is 1. The molecule has 1 fully saturated rings. The van der Waals surface area contributed by atoms with Crippen LogP contribution in [-0.4, -0.2) is 26.4 Å². The molecule has 3 heteroatoms. The molecule has 0 bridgehead atoms. The molecule has 1 aromatic rings. The van der Waals surface area contributed by atoms with Crippen LogP contribution in [0.2, 0.25) is 0 Å². The van der Waals surface area contributed by atoms with Gasteiger partial charge in [0, 0.05) is 20.2 Å². The zero-order chi connectivity index (χ0) is 14.2. The molecule has 2 rings (SSSR count). The molecule has 1 aromatic carbocycles. The third kappa shape index (κ3) is 5.14. The Hall–Kier alpha value is -1.06. The highest BCUT2D eigenvalue weighted by Crippen LogP contribution is 2.27. The van der Waals surface area contributed by atoms with E-state index in [4.69, 9.17) is 9.47 Å². The monoisotopic (exact) mass is 277 g/mol. The second-order valence-electron chi connectivity index (χ2n) is 5.83. The Kier molecular flexibility index (Phi) is 6.34. The van der Waals surface area contributed by atoms with Crippen molar-refractivity contribution in [1.82, 2.24) is 5.32 Å². The van der Waals surface area contributed by atoms with Gasteiger partial charge < -0.3 is 14.8 Å². The minimum absolute atomic E-state index is 0.407. The van der Waals surface area contributed by atoms with Gasteiger partial charge in [-0.15, -0.1) is 0 Å². The predicted molar refractivity (Wildman–Crippen MR) is 82.1 cm³/mol. The van der Waals surface area contributed by atoms with Gasteiger partial charge in [-0.1, -0.05) is 25.5 Å². The smallest absolute Gasteiger partial charge is 0.119 e. The molecular formula is C17H27NO2. The van der Waals surface area contributed by atoms with Crippen molar-refractivity contribution in [3.05, 3.63) is 29.8 Å². The molecule has 2 atom stereocenters. The van der Waals surface area contributed by atoms with Crippen LogP contribution in [0.1, 0.15) is 38.2 Å². The molecule has 0 saturated heterocycles. The van der Waals surface area contributed by atoms with E-state index in [-0.39, 0.29) is 0 Å². The van der Waals surface area contributed by atoms with Gasteiger partial charge in [0.05, 0.1) is 12.7 Å². The summed E-state index contributed by atoms with van der Waals surface area (Å²) >= 11 is 0. The number of hydrogen-bond acceptors (Lipinski definition) is 3. The maximum absolute atomic E-state index is 6.08. The Morgan fingerprint density at radius 2 is 2.00 bits per heavy atom. The molecule has 0 spiro atoms. The normalized spacial score (nSPS) is 22.7. The minimum Gasteiger partial charge on any atom is -0.490 e. The molecule has 1 aliphatic rings. The Morgan fingerprint density at radius 3 is 2.70 bits per heavy atom. The highest BCUT2D eigenvalue weighted by atomic mass is 16.5. The van der Waals surface area contributed by atoms with E-state index in [0.29, 0.717) is 6.10 Å². The largest absolute Gasteiger partial charge is 0.490 e. The van der Waals surface area contributed by atoms with E-state index in [0.717, 1.165) is 31.4 Å². The van der Waals surface area contributed by atoms with Gasteiger partial charge in [-0.05, 0) is 42.9 Å². The van der Waals surface area contributed by atoms with Gasteiger partial charge in [-0.2, -0.15) is 0 Å². The molecule has 0 amide bonds. The van der Waals surface area contributed by atoms with E-state index < -0.39 is 0 Å². The summed E-state index contributed by atoms with van der Waals surface area (Å²) < 4.78 is 11.1. The number of nitrogens with one attached hydrogen (secondary N) is 1. The molecule has 3 nitrogen and oxygen atoms in total. The van der Waals surface area contributed by atoms with Gasteiger partial charge in [0.25, 0.3) is 0 Å². The minimum atomic E-state index is 0.407. The van der Waals surface area contributed by atoms with Crippen molar-refractivity contribution >= 4 is 0 Å². The van der Waals surface area contributed by atoms with Crippen LogP contribution in [-0.2, 0) is 11.3 Å². The van der Waals surface area contributed by atoms with Gasteiger partial charge in [-0.3, -0.25) is 0 Å². The molecule has 0 heterocycles. The highest BCUT2D eigenvalue weighted by Gasteiger charge is 2.19. The van der Waals surface area contributed by atoms with E-state index in [1.54, 1.807) is 7.11 Å². The molecule has 0 radical (unpaired) electrons. The van der Waals surface area contributed by atoms with Gasteiger partial charge in [-0.25, -0.2) is 0 Å². The van der Waals surface area contributed by atoms with Crippen LogP contribution >= 0.6 is 0 Å². The topological polar surface area (TPSA) is 30.5 Å². The van der Waals surface area contributed by atoms with Crippen molar-refractivity contribution in [3.63, 3.8) is 0 Å². The fraction of sp³-hybridized carbons (Fsp3) is 0.647. The summed E-state index contributed by atoms with van der Waals surface area (Å²) in [5, 5.41) is 3.34. The second-order valence-corrected chi connectivity index (χ2v) is 5.83. The maximum atomic E-state index is 6.08. The Balaban J connectivity index is 1.76. The standard InChI is InChI=1S/C17H27NO2/c1-14-4-3-5-17(12-14)20-16-8-6-15(7-9-16)13-18-10-11-19-2/h6-9,14,17-18H,3-5,10-13H2,1-2H3. The second kappa shape index (κ2) is 8.28. The summed E-state index contributed by atoms with van der Waals surface area (Å²) in [6.07, 6.45) is 5.45. The van der Waals surface area contributed by atoms with Crippen molar-refractivity contribution in [2.24, 2.45) is 5.92 Å². The molecule has 2 unspecified atom stereocenters. The first-order valence-corrected chi connectivity index (χ1v) is 7.73. The molecule has 1 aliphatic carbocycles. The predicted octanol–water partition coefficient (Wildman–Crippen LogP) is 3.38. The van der Waals surface area contributed by atoms with E-state index in [2.05, 4.69) is 36.5 Å². The van der Waals surface area contributed by atoms with Crippen LogP contribution in [0.25, 0.3) is 0 Å². The average Bonchev–Trinajstić information content (AvgIpc) is 2.45. The van der Waals surface area contributed by atoms with Gasteiger partial charge in [0.15, 0.2) is 0 Å². The summed E-state index contributed by atoms with van der Waals surface area (Å²) in [6, 6.07) is 8.46. The number of benzene rings is 1. The third-order valence-corrected chi connectivity index (χ3v) is 3.93. The third-order valence-electron chi connectivity index (χ3n) is 3.93. The SMILES string of the molecule is COCCNCc1ccc(OC2CCCC(C)C2)cc1. The van der Waals surface area contributed by atoms with Crippen LogP contribution in [0.3, 0.4) is 0 Å². The van der Waals surface area contributed by atoms with Crippen LogP contribution in [0.15, 0.2) is 24.3 Å². The Labute approximate surface area is 122 Å². The van der Waals surface area contributed by atoms with Crippen LogP contribution < -0.4 is 10.1 Å². The van der Waals surface area contributed by atoms with E-state index in [1.165, 1.54) is 31.2 Å². The van der Waals surface area contributed by atoms with Gasteiger partial charge >= 0.3 is 0 Å². The quantitative estimate of drug-likeness (QED) is 0.775. The van der Waals surface area contributed by atoms with Crippen molar-refractivity contribution in [1.29, 1.82) is 0 Å². The summed E-state index contributed by atoms with van der Waals surface area (Å²) in [6.45, 7) is 4.84. The number of methoxy groups -OCH3 is 1. The first-order chi connectivity index (χ1) is 9.78. The fourth-order valence-electron chi connectivity index (χ4n) is 2.77. The highest BCUT2D eigenvalue weighted by molar-refractivity contribution is 5.27. The van der Waals surface area contributed by atoms with E-state index >= 15 is 0 Å². The van der Waals surface area contributed by atoms with Crippen LogP contribution in [0.4, 0.5) is 0 Å². The lowest BCUT2D eigenvalue weighted by molar-refractivity contribution is 0.129. The summed E-state index contributed by atoms with van der Waals surface area (Å²) in [4.78, 5) is 0. The molecule has 112 valence electrons. The summed E-state index contributed by atoms with van der Waals surface area (Å²) in [5.41, 5.74) is 1.28. The number of ether oxygens (including phenoxy) is 2. The number of rotatable bonds is 7. The summed E-state index contributed by atoms with van der Waals surface area (Å²) in [5.74, 6) is 1.81. The summed E-state index contributed by atoms with van der Waals surface area (Å²) in [7, 11) is 1.72. The lowest BCUT2D eigenvalue weighted by Gasteiger charge is -2.27. The zero-order valence-corrected chi connectivity index (χ0v) is 12.7. The van der Waals surface area contributed by atoms with E-state index in [9.17, 15) is 0 Å². The fourth-order valence-corrected chi connectivity index (χ4v) is 2.77. The van der Waals surface area contributed by atoms with Crippen molar-refractivity contribution < 1.29 is 9.47 Å². The van der Waals surface area contributed by atoms with Crippen molar-refractivity contribution in [3.8, 4) is 5.75 Å². The first-order valence-electron chi connectivity index (χ1n) is 7.73. The lowest BCUT2D eigenvalue weighted by atomic mass is 9.89. The van der Waals surface area contributed by atoms with Crippen molar-refractivity contribution in [2.45, 2.75) is 45.3 Å². The van der Waals surface area contributed by atoms with Crippen LogP contribution in [0, 0.1) is 5.92 Å². The Bertz CT molecular complexity index is 377. The van der Waals surface area contributed by atoms with Gasteiger partial charge in [0.2, 0.25) is 0 Å². The van der Waals surface area contributed by atoms with Crippen LogP contribution in [0.5, 0.6) is 5.75 Å². The Morgan fingerprint density at radius 1 is 1.20 bits per heavy atom. The molecule has 1 N–H and O–H groups in total. The molecule has 0 aliphatic heterocycles. The van der Waals surface area contributed by atoms with Crippen molar-refractivity contribution in [2.75, 3.05) is 20.3 Å².